The Labute approximate surface area is 242 Å². The highest BCUT2D eigenvalue weighted by molar-refractivity contribution is 5.99. The van der Waals surface area contributed by atoms with Crippen LogP contribution >= 0.6 is 0 Å². The van der Waals surface area contributed by atoms with E-state index in [0.29, 0.717) is 35.8 Å². The van der Waals surface area contributed by atoms with Crippen LogP contribution in [0.5, 0.6) is 5.75 Å². The zero-order valence-corrected chi connectivity index (χ0v) is 24.3. The number of ether oxygens (including phenoxy) is 1. The Morgan fingerprint density at radius 1 is 1.07 bits per heavy atom. The van der Waals surface area contributed by atoms with Gasteiger partial charge in [0.1, 0.15) is 11.9 Å². The number of hydrogen-bond acceptors (Lipinski definition) is 5. The number of urea groups is 2. The fourth-order valence-electron chi connectivity index (χ4n) is 5.42. The molecule has 0 bridgehead atoms. The van der Waals surface area contributed by atoms with Crippen LogP contribution in [-0.4, -0.2) is 77.8 Å². The van der Waals surface area contributed by atoms with Crippen LogP contribution in [0.1, 0.15) is 51.5 Å². The third-order valence-electron chi connectivity index (χ3n) is 7.94. The van der Waals surface area contributed by atoms with E-state index in [9.17, 15) is 19.5 Å². The lowest BCUT2D eigenvalue weighted by molar-refractivity contribution is -0.134. The Balaban J connectivity index is 1.53. The lowest BCUT2D eigenvalue weighted by Gasteiger charge is -2.34. The highest BCUT2D eigenvalue weighted by atomic mass is 16.5. The average molecular weight is 566 g/mol. The highest BCUT2D eigenvalue weighted by Gasteiger charge is 2.32. The number of carbonyl (C=O) groups is 3. The molecule has 0 spiro atoms. The van der Waals surface area contributed by atoms with Crippen molar-refractivity contribution in [1.82, 2.24) is 15.1 Å². The van der Waals surface area contributed by atoms with Gasteiger partial charge in [-0.2, -0.15) is 0 Å². The number of likely N-dealkylation sites (N-methyl/N-ethyl adjacent to an activating group) is 1. The molecule has 3 atom stereocenters. The van der Waals surface area contributed by atoms with E-state index in [1.54, 1.807) is 47.2 Å². The molecule has 0 aromatic heterocycles. The minimum atomic E-state index is -0.407. The van der Waals surface area contributed by atoms with E-state index >= 15 is 0 Å². The smallest absolute Gasteiger partial charge is 0.323 e. The summed E-state index contributed by atoms with van der Waals surface area (Å²) in [6, 6.07) is 13.6. The van der Waals surface area contributed by atoms with Crippen LogP contribution < -0.4 is 20.7 Å². The Morgan fingerprint density at radius 3 is 2.49 bits per heavy atom. The first-order chi connectivity index (χ1) is 19.7. The molecule has 0 radical (unpaired) electrons. The summed E-state index contributed by atoms with van der Waals surface area (Å²) in [5, 5.41) is 18.7. The molecule has 5 amide bonds. The Kier molecular flexibility index (Phi) is 10.5. The molecule has 4 rings (SSSR count). The van der Waals surface area contributed by atoms with Crippen molar-refractivity contribution in [2.45, 2.75) is 70.6 Å². The first kappa shape index (κ1) is 30.2. The fraction of sp³-hybridized carbons (Fsp3) is 0.516. The van der Waals surface area contributed by atoms with Gasteiger partial charge in [-0.1, -0.05) is 44.4 Å². The summed E-state index contributed by atoms with van der Waals surface area (Å²) in [6.45, 7) is 4.35. The highest BCUT2D eigenvalue weighted by Crippen LogP contribution is 2.29. The van der Waals surface area contributed by atoms with Crippen molar-refractivity contribution in [1.29, 1.82) is 0 Å². The van der Waals surface area contributed by atoms with Crippen molar-refractivity contribution in [3.63, 3.8) is 0 Å². The summed E-state index contributed by atoms with van der Waals surface area (Å²) < 4.78 is 6.51. The van der Waals surface area contributed by atoms with Crippen LogP contribution in [-0.2, 0) is 11.2 Å². The molecule has 2 aromatic rings. The first-order valence-electron chi connectivity index (χ1n) is 14.6. The number of aliphatic hydroxyl groups excluding tert-OH is 1. The van der Waals surface area contributed by atoms with Gasteiger partial charge >= 0.3 is 12.1 Å². The summed E-state index contributed by atoms with van der Waals surface area (Å²) in [7, 11) is 1.76. The number of benzene rings is 2. The third kappa shape index (κ3) is 8.36. The van der Waals surface area contributed by atoms with E-state index < -0.39 is 12.1 Å². The largest absolute Gasteiger partial charge is 0.488 e. The number of nitrogens with zero attached hydrogens (tertiary/aromatic N) is 2. The number of rotatable bonds is 7. The molecule has 0 saturated heterocycles. The summed E-state index contributed by atoms with van der Waals surface area (Å²) >= 11 is 0. The second-order valence-electron chi connectivity index (χ2n) is 11.3. The summed E-state index contributed by atoms with van der Waals surface area (Å²) in [5.74, 6) is 0.264. The van der Waals surface area contributed by atoms with Crippen molar-refractivity contribution in [2.75, 3.05) is 37.4 Å². The van der Waals surface area contributed by atoms with Gasteiger partial charge in [-0.25, -0.2) is 9.59 Å². The van der Waals surface area contributed by atoms with Gasteiger partial charge in [-0.05, 0) is 50.1 Å². The van der Waals surface area contributed by atoms with Crippen LogP contribution in [0.4, 0.5) is 21.0 Å². The topological polar surface area (TPSA) is 123 Å². The number of fused-ring (bicyclic) bond motifs is 1. The van der Waals surface area contributed by atoms with Gasteiger partial charge in [0.15, 0.2) is 0 Å². The number of amides is 5. The molecule has 4 N–H and O–H groups in total. The van der Waals surface area contributed by atoms with E-state index in [0.717, 1.165) is 25.7 Å². The quantitative estimate of drug-likeness (QED) is 0.395. The molecule has 2 aromatic carbocycles. The Morgan fingerprint density at radius 2 is 1.78 bits per heavy atom. The predicted octanol–water partition coefficient (Wildman–Crippen LogP) is 4.45. The fourth-order valence-corrected chi connectivity index (χ4v) is 5.42. The van der Waals surface area contributed by atoms with Gasteiger partial charge < -0.3 is 35.6 Å². The van der Waals surface area contributed by atoms with E-state index in [1.807, 2.05) is 32.0 Å². The van der Waals surface area contributed by atoms with Crippen molar-refractivity contribution < 1.29 is 24.2 Å². The molecule has 222 valence electrons. The Bertz CT molecular complexity index is 1190. The molecule has 1 saturated carbocycles. The summed E-state index contributed by atoms with van der Waals surface area (Å²) in [5.41, 5.74) is 1.80. The van der Waals surface area contributed by atoms with E-state index in [4.69, 9.17) is 4.74 Å². The second kappa shape index (κ2) is 14.2. The van der Waals surface area contributed by atoms with Gasteiger partial charge in [0.2, 0.25) is 5.91 Å². The van der Waals surface area contributed by atoms with Gasteiger partial charge in [0.05, 0.1) is 25.6 Å². The molecule has 10 heteroatoms. The van der Waals surface area contributed by atoms with E-state index in [2.05, 4.69) is 16.0 Å². The van der Waals surface area contributed by atoms with Crippen molar-refractivity contribution in [2.24, 2.45) is 5.92 Å². The lowest BCUT2D eigenvalue weighted by atomic mass is 9.96. The third-order valence-corrected chi connectivity index (χ3v) is 7.94. The second-order valence-corrected chi connectivity index (χ2v) is 11.3. The van der Waals surface area contributed by atoms with E-state index in [1.165, 1.54) is 6.42 Å². The van der Waals surface area contributed by atoms with Crippen LogP contribution in [0.25, 0.3) is 0 Å². The van der Waals surface area contributed by atoms with Crippen molar-refractivity contribution in [3.05, 3.63) is 54.1 Å². The first-order valence-corrected chi connectivity index (χ1v) is 14.6. The predicted molar refractivity (Wildman–Crippen MR) is 159 cm³/mol. The molecule has 1 fully saturated rings. The number of anilines is 2. The number of para-hydroxylation sites is 1. The minimum Gasteiger partial charge on any atom is -0.488 e. The van der Waals surface area contributed by atoms with Gasteiger partial charge in [-0.3, -0.25) is 4.79 Å². The van der Waals surface area contributed by atoms with Crippen LogP contribution in [0.15, 0.2) is 48.5 Å². The minimum absolute atomic E-state index is 0.0486. The van der Waals surface area contributed by atoms with Crippen LogP contribution in [0.2, 0.25) is 0 Å². The maximum atomic E-state index is 13.4. The van der Waals surface area contributed by atoms with Crippen LogP contribution in [0, 0.1) is 5.92 Å². The number of carbonyl (C=O) groups excluding carboxylic acids is 3. The number of nitrogens with one attached hydrogen (secondary N) is 3. The number of aliphatic hydroxyl groups is 1. The molecule has 1 aliphatic carbocycles. The monoisotopic (exact) mass is 565 g/mol. The maximum Gasteiger partial charge on any atom is 0.323 e. The Hall–Kier alpha value is -3.79. The lowest BCUT2D eigenvalue weighted by Crippen LogP contribution is -2.50. The van der Waals surface area contributed by atoms with Crippen LogP contribution in [0.3, 0.4) is 0 Å². The molecule has 0 unspecified atom stereocenters. The maximum absolute atomic E-state index is 13.4. The molecular weight excluding hydrogens is 522 g/mol. The molecule has 41 heavy (non-hydrogen) atoms. The van der Waals surface area contributed by atoms with Gasteiger partial charge in [0.25, 0.3) is 0 Å². The SMILES string of the molecule is C[C@@H]1CN([C@H](C)CO)C(=O)Cc2cc(NC(=O)Nc3ccccc3)ccc2O[C@H]1CN(C)C(=O)NC1CCCCC1. The zero-order chi connectivity index (χ0) is 29.4. The summed E-state index contributed by atoms with van der Waals surface area (Å²) in [4.78, 5) is 42.4. The molecule has 2 aliphatic rings. The molecule has 10 nitrogen and oxygen atoms in total. The van der Waals surface area contributed by atoms with Gasteiger partial charge in [-0.15, -0.1) is 0 Å². The molecular formula is C31H43N5O5. The van der Waals surface area contributed by atoms with Crippen molar-refractivity contribution >= 4 is 29.3 Å². The zero-order valence-electron chi connectivity index (χ0n) is 24.3. The van der Waals surface area contributed by atoms with E-state index in [-0.39, 0.29) is 43.0 Å². The van der Waals surface area contributed by atoms with Crippen molar-refractivity contribution in [3.8, 4) is 5.75 Å². The van der Waals surface area contributed by atoms with Gasteiger partial charge in [0, 0.05) is 42.5 Å². The standard InChI is InChI=1S/C31H43N5O5/c1-21-18-36(22(2)20-37)29(38)17-23-16-26(33-30(39)32-24-10-6-4-7-11-24)14-15-27(23)41-28(21)19-35(3)31(40)34-25-12-8-5-9-13-25/h4,6-7,10-11,14-16,21-22,25,28,37H,5,8-9,12-13,17-20H2,1-3H3,(H,34,40)(H2,32,33,39)/t21-,22-,28+/m1/s1. The number of hydrogen-bond donors (Lipinski definition) is 4. The molecule has 1 aliphatic heterocycles. The summed E-state index contributed by atoms with van der Waals surface area (Å²) in [6.07, 6.45) is 5.12. The normalized spacial score (nSPS) is 20.4. The average Bonchev–Trinajstić information content (AvgIpc) is 3.01. The molecule has 1 heterocycles.